The van der Waals surface area contributed by atoms with E-state index < -0.39 is 5.82 Å². The zero-order chi connectivity index (χ0) is 18.7. The predicted octanol–water partition coefficient (Wildman–Crippen LogP) is 4.83. The lowest BCUT2D eigenvalue weighted by Gasteiger charge is -2.12. The second-order valence-corrected chi connectivity index (χ2v) is 5.81. The Morgan fingerprint density at radius 1 is 1.00 bits per heavy atom. The minimum atomic E-state index is -0.563. The molecule has 1 amide bonds. The Hall–Kier alpha value is -3.34. The topological polar surface area (TPSA) is 58.6 Å². The number of hydrogen-bond acceptors (Lipinski definition) is 3. The van der Waals surface area contributed by atoms with Crippen LogP contribution in [0.5, 0.6) is 11.5 Å². The molecule has 3 aromatic carbocycles. The van der Waals surface area contributed by atoms with Gasteiger partial charge in [-0.2, -0.15) is 0 Å². The first-order valence-electron chi connectivity index (χ1n) is 8.03. The van der Waals surface area contributed by atoms with Gasteiger partial charge in [-0.15, -0.1) is 0 Å². The van der Waals surface area contributed by atoms with Crippen molar-refractivity contribution in [3.8, 4) is 33.8 Å². The molecule has 0 atom stereocenters. The molecule has 0 spiro atoms. The largest absolute Gasteiger partial charge is 0.507 e. The van der Waals surface area contributed by atoms with Gasteiger partial charge in [-0.1, -0.05) is 36.4 Å². The van der Waals surface area contributed by atoms with Crippen molar-refractivity contribution in [2.75, 3.05) is 12.4 Å². The van der Waals surface area contributed by atoms with Crippen molar-refractivity contribution in [1.82, 2.24) is 0 Å². The Balaban J connectivity index is 2.01. The Labute approximate surface area is 150 Å². The lowest BCUT2D eigenvalue weighted by Crippen LogP contribution is -2.07. The molecule has 0 saturated heterocycles. The minimum absolute atomic E-state index is 0.0596. The molecule has 3 rings (SSSR count). The van der Waals surface area contributed by atoms with Crippen LogP contribution in [0.25, 0.3) is 22.3 Å². The molecular weight excluding hydrogens is 333 g/mol. The number of carbonyl (C=O) groups is 1. The van der Waals surface area contributed by atoms with E-state index in [4.69, 9.17) is 4.74 Å². The van der Waals surface area contributed by atoms with E-state index in [-0.39, 0.29) is 17.3 Å². The first kappa shape index (κ1) is 17.5. The molecule has 0 unspecified atom stereocenters. The fourth-order valence-corrected chi connectivity index (χ4v) is 2.75. The van der Waals surface area contributed by atoms with Gasteiger partial charge in [-0.3, -0.25) is 4.79 Å². The number of amides is 1. The Bertz CT molecular complexity index is 952. The van der Waals surface area contributed by atoms with Crippen molar-refractivity contribution >= 4 is 11.6 Å². The van der Waals surface area contributed by atoms with E-state index in [1.807, 2.05) is 24.3 Å². The maximum absolute atomic E-state index is 14.2. The van der Waals surface area contributed by atoms with E-state index >= 15 is 0 Å². The average Bonchev–Trinajstić information content (AvgIpc) is 2.63. The standard InChI is InChI=1S/C21H18FNO3/c1-13(24)23-20-11-8-15(12-19(20)22)18-5-3-4-17(21(18)25)14-6-9-16(26-2)10-7-14/h3-12,25H,1-2H3,(H,23,24). The molecule has 0 bridgehead atoms. The van der Waals surface area contributed by atoms with Gasteiger partial charge in [-0.25, -0.2) is 4.39 Å². The molecule has 0 aliphatic carbocycles. The van der Waals surface area contributed by atoms with Crippen LogP contribution in [0.1, 0.15) is 6.92 Å². The number of nitrogens with one attached hydrogen (secondary N) is 1. The van der Waals surface area contributed by atoms with Gasteiger partial charge in [-0.05, 0) is 35.4 Å². The molecule has 0 aliphatic rings. The third-order valence-electron chi connectivity index (χ3n) is 4.03. The van der Waals surface area contributed by atoms with E-state index in [0.29, 0.717) is 16.7 Å². The molecule has 2 N–H and O–H groups in total. The van der Waals surface area contributed by atoms with Crippen LogP contribution in [0.4, 0.5) is 10.1 Å². The van der Waals surface area contributed by atoms with Gasteiger partial charge in [0.05, 0.1) is 12.8 Å². The van der Waals surface area contributed by atoms with Gasteiger partial charge in [0.2, 0.25) is 5.91 Å². The molecule has 4 nitrogen and oxygen atoms in total. The number of para-hydroxylation sites is 1. The molecule has 26 heavy (non-hydrogen) atoms. The lowest BCUT2D eigenvalue weighted by atomic mass is 9.97. The van der Waals surface area contributed by atoms with Crippen LogP contribution in [-0.2, 0) is 4.79 Å². The summed E-state index contributed by atoms with van der Waals surface area (Å²) in [7, 11) is 1.59. The summed E-state index contributed by atoms with van der Waals surface area (Å²) in [5.74, 6) is -0.127. The summed E-state index contributed by atoms with van der Waals surface area (Å²) in [5, 5.41) is 13.1. The fraction of sp³-hybridized carbons (Fsp3) is 0.0952. The first-order valence-corrected chi connectivity index (χ1v) is 8.03. The van der Waals surface area contributed by atoms with Crippen LogP contribution < -0.4 is 10.1 Å². The first-order chi connectivity index (χ1) is 12.5. The number of hydrogen-bond donors (Lipinski definition) is 2. The molecule has 0 radical (unpaired) electrons. The molecule has 0 aliphatic heterocycles. The van der Waals surface area contributed by atoms with Gasteiger partial charge in [0.1, 0.15) is 17.3 Å². The van der Waals surface area contributed by atoms with E-state index in [2.05, 4.69) is 5.32 Å². The van der Waals surface area contributed by atoms with Crippen molar-refractivity contribution in [3.05, 3.63) is 66.5 Å². The van der Waals surface area contributed by atoms with E-state index in [9.17, 15) is 14.3 Å². The SMILES string of the molecule is COc1ccc(-c2cccc(-c3ccc(NC(C)=O)c(F)c3)c2O)cc1. The fourth-order valence-electron chi connectivity index (χ4n) is 2.75. The maximum Gasteiger partial charge on any atom is 0.221 e. The highest BCUT2D eigenvalue weighted by Crippen LogP contribution is 2.39. The van der Waals surface area contributed by atoms with E-state index in [1.165, 1.54) is 19.1 Å². The van der Waals surface area contributed by atoms with Crippen LogP contribution in [0.2, 0.25) is 0 Å². The number of methoxy groups -OCH3 is 1. The third-order valence-corrected chi connectivity index (χ3v) is 4.03. The zero-order valence-corrected chi connectivity index (χ0v) is 14.4. The number of ether oxygens (including phenoxy) is 1. The van der Waals surface area contributed by atoms with Crippen LogP contribution in [-0.4, -0.2) is 18.1 Å². The number of rotatable bonds is 4. The Kier molecular flexibility index (Phi) is 4.89. The van der Waals surface area contributed by atoms with Crippen LogP contribution >= 0.6 is 0 Å². The summed E-state index contributed by atoms with van der Waals surface area (Å²) < 4.78 is 19.4. The quantitative estimate of drug-likeness (QED) is 0.708. The summed E-state index contributed by atoms with van der Waals surface area (Å²) in [4.78, 5) is 11.1. The molecule has 5 heteroatoms. The van der Waals surface area contributed by atoms with Gasteiger partial charge in [0.15, 0.2) is 0 Å². The van der Waals surface area contributed by atoms with Crippen LogP contribution in [0.15, 0.2) is 60.7 Å². The van der Waals surface area contributed by atoms with Gasteiger partial charge < -0.3 is 15.2 Å². The smallest absolute Gasteiger partial charge is 0.221 e. The van der Waals surface area contributed by atoms with Crippen LogP contribution in [0, 0.1) is 5.82 Å². The number of halogens is 1. The third kappa shape index (κ3) is 3.52. The van der Waals surface area contributed by atoms with Crippen molar-refractivity contribution in [1.29, 1.82) is 0 Å². The predicted molar refractivity (Wildman–Crippen MR) is 99.8 cm³/mol. The van der Waals surface area contributed by atoms with Crippen molar-refractivity contribution in [2.45, 2.75) is 6.92 Å². The second kappa shape index (κ2) is 7.27. The number of phenols is 1. The monoisotopic (exact) mass is 351 g/mol. The number of carbonyl (C=O) groups excluding carboxylic acids is 1. The van der Waals surface area contributed by atoms with Crippen molar-refractivity contribution in [3.63, 3.8) is 0 Å². The van der Waals surface area contributed by atoms with Gasteiger partial charge in [0.25, 0.3) is 0 Å². The summed E-state index contributed by atoms with van der Waals surface area (Å²) in [6, 6.07) is 17.0. The second-order valence-electron chi connectivity index (χ2n) is 5.81. The molecule has 132 valence electrons. The van der Waals surface area contributed by atoms with Gasteiger partial charge in [0, 0.05) is 18.1 Å². The minimum Gasteiger partial charge on any atom is -0.507 e. The Morgan fingerprint density at radius 2 is 1.62 bits per heavy atom. The van der Waals surface area contributed by atoms with Gasteiger partial charge >= 0.3 is 0 Å². The molecule has 0 saturated carbocycles. The molecule has 3 aromatic rings. The molecule has 0 heterocycles. The van der Waals surface area contributed by atoms with Crippen LogP contribution in [0.3, 0.4) is 0 Å². The van der Waals surface area contributed by atoms with Crippen molar-refractivity contribution < 1.29 is 19.0 Å². The highest BCUT2D eigenvalue weighted by Gasteiger charge is 2.13. The molecule has 0 fully saturated rings. The highest BCUT2D eigenvalue weighted by atomic mass is 19.1. The Morgan fingerprint density at radius 3 is 2.19 bits per heavy atom. The maximum atomic E-state index is 14.2. The lowest BCUT2D eigenvalue weighted by molar-refractivity contribution is -0.114. The summed E-state index contributed by atoms with van der Waals surface area (Å²) >= 11 is 0. The number of aromatic hydroxyl groups is 1. The zero-order valence-electron chi connectivity index (χ0n) is 14.4. The number of anilines is 1. The molecular formula is C21H18FNO3. The number of phenolic OH excluding ortho intramolecular Hbond substituents is 1. The highest BCUT2D eigenvalue weighted by molar-refractivity contribution is 5.89. The normalized spacial score (nSPS) is 10.4. The number of benzene rings is 3. The average molecular weight is 351 g/mol. The van der Waals surface area contributed by atoms with Crippen molar-refractivity contribution in [2.24, 2.45) is 0 Å². The summed E-state index contributed by atoms with van der Waals surface area (Å²) in [5.41, 5.74) is 2.58. The summed E-state index contributed by atoms with van der Waals surface area (Å²) in [6.45, 7) is 1.32. The van der Waals surface area contributed by atoms with E-state index in [0.717, 1.165) is 11.3 Å². The molecule has 0 aromatic heterocycles. The van der Waals surface area contributed by atoms with E-state index in [1.54, 1.807) is 31.4 Å². The summed E-state index contributed by atoms with van der Waals surface area (Å²) in [6.07, 6.45) is 0.